The third-order valence-electron chi connectivity index (χ3n) is 2.98. The highest BCUT2D eigenvalue weighted by Crippen LogP contribution is 2.34. The van der Waals surface area contributed by atoms with E-state index < -0.39 is 6.10 Å². The average molecular weight is 312 g/mol. The van der Waals surface area contributed by atoms with Crippen LogP contribution in [0.2, 0.25) is 5.02 Å². The lowest BCUT2D eigenvalue weighted by molar-refractivity contribution is 0.0904. The maximum absolute atomic E-state index is 12.1. The van der Waals surface area contributed by atoms with Crippen molar-refractivity contribution in [3.8, 4) is 0 Å². The summed E-state index contributed by atoms with van der Waals surface area (Å²) in [4.78, 5) is 12.6. The van der Waals surface area contributed by atoms with Gasteiger partial charge in [0.15, 0.2) is 0 Å². The van der Waals surface area contributed by atoms with Crippen molar-refractivity contribution in [2.45, 2.75) is 26.4 Å². The summed E-state index contributed by atoms with van der Waals surface area (Å²) in [7, 11) is 0. The Labute approximate surface area is 127 Å². The number of benzene rings is 1. The van der Waals surface area contributed by atoms with Gasteiger partial charge in [0.2, 0.25) is 0 Å². The van der Waals surface area contributed by atoms with Crippen molar-refractivity contribution in [2.24, 2.45) is 5.92 Å². The number of thiophene rings is 1. The molecule has 5 heteroatoms. The van der Waals surface area contributed by atoms with Gasteiger partial charge in [-0.2, -0.15) is 0 Å². The first-order chi connectivity index (χ1) is 9.49. The molecule has 1 amide bonds. The van der Waals surface area contributed by atoms with Crippen LogP contribution < -0.4 is 5.32 Å². The fourth-order valence-electron chi connectivity index (χ4n) is 2.08. The molecular formula is C15H18ClNO2S. The first-order valence-corrected chi connectivity index (χ1v) is 7.81. The molecular weight excluding hydrogens is 294 g/mol. The van der Waals surface area contributed by atoms with Crippen LogP contribution in [0.25, 0.3) is 10.1 Å². The van der Waals surface area contributed by atoms with Gasteiger partial charge in [-0.1, -0.05) is 43.6 Å². The summed E-state index contributed by atoms with van der Waals surface area (Å²) in [5.41, 5.74) is 0. The van der Waals surface area contributed by atoms with E-state index in [1.807, 2.05) is 38.1 Å². The minimum absolute atomic E-state index is 0.223. The van der Waals surface area contributed by atoms with E-state index in [1.54, 1.807) is 0 Å². The number of carbonyl (C=O) groups is 1. The van der Waals surface area contributed by atoms with E-state index in [1.165, 1.54) is 11.3 Å². The number of aliphatic hydroxyl groups excluding tert-OH is 1. The average Bonchev–Trinajstić information content (AvgIpc) is 2.73. The highest BCUT2D eigenvalue weighted by Gasteiger charge is 2.17. The van der Waals surface area contributed by atoms with Crippen LogP contribution in [0.5, 0.6) is 0 Å². The first kappa shape index (κ1) is 15.3. The van der Waals surface area contributed by atoms with Gasteiger partial charge in [0.05, 0.1) is 11.1 Å². The van der Waals surface area contributed by atoms with E-state index >= 15 is 0 Å². The lowest BCUT2D eigenvalue weighted by Gasteiger charge is -2.13. The normalized spacial score (nSPS) is 12.8. The zero-order valence-corrected chi connectivity index (χ0v) is 13.1. The molecule has 2 N–H and O–H groups in total. The number of aliphatic hydroxyl groups is 1. The Bertz CT molecular complexity index is 609. The van der Waals surface area contributed by atoms with Gasteiger partial charge in [0.1, 0.15) is 4.88 Å². The van der Waals surface area contributed by atoms with Crippen LogP contribution >= 0.6 is 22.9 Å². The lowest BCUT2D eigenvalue weighted by Crippen LogP contribution is -2.32. The molecule has 2 rings (SSSR count). The van der Waals surface area contributed by atoms with Gasteiger partial charge in [-0.3, -0.25) is 4.79 Å². The molecule has 108 valence electrons. The molecule has 1 aromatic carbocycles. The van der Waals surface area contributed by atoms with Gasteiger partial charge in [0, 0.05) is 16.6 Å². The fraction of sp³-hybridized carbons (Fsp3) is 0.400. The molecule has 3 nitrogen and oxygen atoms in total. The molecule has 0 fully saturated rings. The predicted octanol–water partition coefficient (Wildman–Crippen LogP) is 3.69. The van der Waals surface area contributed by atoms with Crippen molar-refractivity contribution < 1.29 is 9.90 Å². The molecule has 0 aliphatic rings. The number of amides is 1. The molecule has 0 saturated carbocycles. The largest absolute Gasteiger partial charge is 0.391 e. The van der Waals surface area contributed by atoms with Crippen molar-refractivity contribution in [2.75, 3.05) is 6.54 Å². The number of rotatable bonds is 5. The third-order valence-corrected chi connectivity index (χ3v) is 4.66. The smallest absolute Gasteiger partial charge is 0.263 e. The van der Waals surface area contributed by atoms with Crippen LogP contribution in [0.15, 0.2) is 24.3 Å². The standard InChI is InChI=1S/C15H18ClNO2S/c1-9(2)7-10(18)8-17-15(19)14-13(16)11-5-3-4-6-12(11)20-14/h3-6,9-10,18H,7-8H2,1-2H3,(H,17,19). The Hall–Kier alpha value is -1.10. The van der Waals surface area contributed by atoms with E-state index in [9.17, 15) is 9.90 Å². The molecule has 0 radical (unpaired) electrons. The Morgan fingerprint density at radius 1 is 1.40 bits per heavy atom. The number of nitrogens with one attached hydrogen (secondary N) is 1. The molecule has 0 aliphatic carbocycles. The molecule has 20 heavy (non-hydrogen) atoms. The number of carbonyl (C=O) groups excluding carboxylic acids is 1. The summed E-state index contributed by atoms with van der Waals surface area (Å²) in [5, 5.41) is 13.9. The van der Waals surface area contributed by atoms with Gasteiger partial charge < -0.3 is 10.4 Å². The number of hydrogen-bond donors (Lipinski definition) is 2. The topological polar surface area (TPSA) is 49.3 Å². The quantitative estimate of drug-likeness (QED) is 0.884. The highest BCUT2D eigenvalue weighted by atomic mass is 35.5. The van der Waals surface area contributed by atoms with Crippen LogP contribution in [0.4, 0.5) is 0 Å². The fourth-order valence-corrected chi connectivity index (χ4v) is 3.51. The second-order valence-electron chi connectivity index (χ2n) is 5.23. The maximum Gasteiger partial charge on any atom is 0.263 e. The summed E-state index contributed by atoms with van der Waals surface area (Å²) < 4.78 is 0.991. The summed E-state index contributed by atoms with van der Waals surface area (Å²) in [6.45, 7) is 4.32. The molecule has 0 spiro atoms. The van der Waals surface area contributed by atoms with E-state index in [0.29, 0.717) is 22.2 Å². The molecule has 1 aromatic heterocycles. The monoisotopic (exact) mass is 311 g/mol. The lowest BCUT2D eigenvalue weighted by atomic mass is 10.1. The first-order valence-electron chi connectivity index (χ1n) is 6.62. The van der Waals surface area contributed by atoms with E-state index in [-0.39, 0.29) is 12.5 Å². The Morgan fingerprint density at radius 3 is 2.75 bits per heavy atom. The van der Waals surface area contributed by atoms with E-state index in [0.717, 1.165) is 10.1 Å². The number of fused-ring (bicyclic) bond motifs is 1. The van der Waals surface area contributed by atoms with Gasteiger partial charge in [-0.15, -0.1) is 11.3 Å². The highest BCUT2D eigenvalue weighted by molar-refractivity contribution is 7.21. The zero-order valence-electron chi connectivity index (χ0n) is 11.5. The van der Waals surface area contributed by atoms with Gasteiger partial charge in [-0.05, 0) is 18.4 Å². The molecule has 1 unspecified atom stereocenters. The zero-order chi connectivity index (χ0) is 14.7. The van der Waals surface area contributed by atoms with Crippen molar-refractivity contribution in [3.63, 3.8) is 0 Å². The molecule has 2 aromatic rings. The van der Waals surface area contributed by atoms with Crippen molar-refractivity contribution >= 4 is 38.9 Å². The van der Waals surface area contributed by atoms with Gasteiger partial charge in [0.25, 0.3) is 5.91 Å². The summed E-state index contributed by atoms with van der Waals surface area (Å²) in [6, 6.07) is 7.66. The van der Waals surface area contributed by atoms with Crippen LogP contribution in [0.1, 0.15) is 29.9 Å². The van der Waals surface area contributed by atoms with Crippen LogP contribution in [-0.4, -0.2) is 23.7 Å². The van der Waals surface area contributed by atoms with Crippen molar-refractivity contribution in [3.05, 3.63) is 34.2 Å². The molecule has 1 heterocycles. The minimum Gasteiger partial charge on any atom is -0.391 e. The number of halogens is 1. The molecule has 0 aliphatic heterocycles. The number of hydrogen-bond acceptors (Lipinski definition) is 3. The molecule has 0 bridgehead atoms. The molecule has 1 atom stereocenters. The van der Waals surface area contributed by atoms with Gasteiger partial charge >= 0.3 is 0 Å². The second kappa shape index (κ2) is 6.57. The second-order valence-corrected chi connectivity index (χ2v) is 6.66. The maximum atomic E-state index is 12.1. The predicted molar refractivity (Wildman–Crippen MR) is 84.6 cm³/mol. The van der Waals surface area contributed by atoms with Crippen LogP contribution in [0.3, 0.4) is 0 Å². The van der Waals surface area contributed by atoms with Crippen molar-refractivity contribution in [1.82, 2.24) is 5.32 Å². The molecule has 0 saturated heterocycles. The van der Waals surface area contributed by atoms with E-state index in [4.69, 9.17) is 11.6 Å². The Kier molecular flexibility index (Phi) is 5.02. The van der Waals surface area contributed by atoms with Crippen LogP contribution in [0, 0.1) is 5.92 Å². The van der Waals surface area contributed by atoms with Crippen LogP contribution in [-0.2, 0) is 0 Å². The van der Waals surface area contributed by atoms with Crippen molar-refractivity contribution in [1.29, 1.82) is 0 Å². The minimum atomic E-state index is -0.521. The SMILES string of the molecule is CC(C)CC(O)CNC(=O)c1sc2ccccc2c1Cl. The summed E-state index contributed by atoms with van der Waals surface area (Å²) >= 11 is 7.61. The Morgan fingerprint density at radius 2 is 2.10 bits per heavy atom. The Balaban J connectivity index is 2.06. The van der Waals surface area contributed by atoms with E-state index in [2.05, 4.69) is 5.32 Å². The summed E-state index contributed by atoms with van der Waals surface area (Å²) in [5.74, 6) is 0.175. The van der Waals surface area contributed by atoms with Gasteiger partial charge in [-0.25, -0.2) is 0 Å². The third kappa shape index (κ3) is 3.51. The summed E-state index contributed by atoms with van der Waals surface area (Å²) in [6.07, 6.45) is 0.146.